The van der Waals surface area contributed by atoms with Crippen molar-refractivity contribution in [3.05, 3.63) is 18.0 Å². The minimum absolute atomic E-state index is 0.0648. The molecule has 1 saturated heterocycles. The maximum atomic E-state index is 9.93. The van der Waals surface area contributed by atoms with E-state index in [2.05, 4.69) is 28.0 Å². The van der Waals surface area contributed by atoms with Crippen molar-refractivity contribution >= 4 is 0 Å². The van der Waals surface area contributed by atoms with Crippen molar-refractivity contribution in [3.63, 3.8) is 0 Å². The second kappa shape index (κ2) is 6.44. The van der Waals surface area contributed by atoms with E-state index in [0.717, 1.165) is 32.7 Å². The van der Waals surface area contributed by atoms with Gasteiger partial charge in [-0.05, 0) is 20.8 Å². The minimum Gasteiger partial charge on any atom is -0.389 e. The highest BCUT2D eigenvalue weighted by molar-refractivity contribution is 5.13. The van der Waals surface area contributed by atoms with Crippen LogP contribution in [0.3, 0.4) is 0 Å². The Kier molecular flexibility index (Phi) is 5.03. The molecule has 1 aliphatic rings. The largest absolute Gasteiger partial charge is 0.389 e. The molecule has 2 atom stereocenters. The van der Waals surface area contributed by atoms with E-state index in [1.54, 1.807) is 0 Å². The Labute approximate surface area is 127 Å². The highest BCUT2D eigenvalue weighted by Gasteiger charge is 2.29. The maximum absolute atomic E-state index is 9.93. The third-order valence-electron chi connectivity index (χ3n) is 3.98. The fraction of sp³-hybridized carbons (Fsp3) is 0.800. The Morgan fingerprint density at radius 2 is 1.95 bits per heavy atom. The molecule has 6 nitrogen and oxygen atoms in total. The number of aromatic nitrogens is 2. The summed E-state index contributed by atoms with van der Waals surface area (Å²) in [7, 11) is 1.93. The molecule has 0 aliphatic carbocycles. The van der Waals surface area contributed by atoms with Crippen LogP contribution in [-0.2, 0) is 7.05 Å². The highest BCUT2D eigenvalue weighted by Crippen LogP contribution is 2.24. The summed E-state index contributed by atoms with van der Waals surface area (Å²) in [5, 5.41) is 14.2. The molecule has 0 spiro atoms. The van der Waals surface area contributed by atoms with Crippen LogP contribution in [0.15, 0.2) is 12.4 Å². The Balaban J connectivity index is 1.98. The van der Waals surface area contributed by atoms with Gasteiger partial charge in [-0.2, -0.15) is 5.10 Å². The second-order valence-electron chi connectivity index (χ2n) is 6.88. The molecule has 0 amide bonds. The summed E-state index contributed by atoms with van der Waals surface area (Å²) in [5.74, 6) is 0. The van der Waals surface area contributed by atoms with Crippen LogP contribution in [0.5, 0.6) is 0 Å². The Morgan fingerprint density at radius 1 is 1.33 bits per heavy atom. The first-order valence-corrected chi connectivity index (χ1v) is 7.69. The van der Waals surface area contributed by atoms with Gasteiger partial charge in [-0.3, -0.25) is 14.5 Å². The molecule has 6 heteroatoms. The Bertz CT molecular complexity index is 443. The van der Waals surface area contributed by atoms with Crippen molar-refractivity contribution < 1.29 is 5.11 Å². The molecule has 2 rings (SSSR count). The number of hydrogen-bond acceptors (Lipinski definition) is 5. The first kappa shape index (κ1) is 16.4. The van der Waals surface area contributed by atoms with Gasteiger partial charge < -0.3 is 10.8 Å². The fourth-order valence-electron chi connectivity index (χ4n) is 3.19. The summed E-state index contributed by atoms with van der Waals surface area (Å²) >= 11 is 0. The molecule has 0 bridgehead atoms. The minimum atomic E-state index is -0.633. The molecule has 0 saturated carbocycles. The predicted molar refractivity (Wildman–Crippen MR) is 83.9 cm³/mol. The normalized spacial score (nSPS) is 21.4. The topological polar surface area (TPSA) is 70.5 Å². The highest BCUT2D eigenvalue weighted by atomic mass is 16.3. The van der Waals surface area contributed by atoms with E-state index < -0.39 is 5.60 Å². The molecule has 1 aromatic heterocycles. The maximum Gasteiger partial charge on any atom is 0.0718 e. The first-order chi connectivity index (χ1) is 9.76. The number of rotatable bonds is 5. The number of aryl methyl sites for hydroxylation is 1. The van der Waals surface area contributed by atoms with Crippen molar-refractivity contribution in [2.24, 2.45) is 12.8 Å². The van der Waals surface area contributed by atoms with E-state index in [1.807, 2.05) is 31.8 Å². The fourth-order valence-corrected chi connectivity index (χ4v) is 3.19. The number of piperazine rings is 1. The van der Waals surface area contributed by atoms with Crippen LogP contribution < -0.4 is 5.73 Å². The zero-order valence-electron chi connectivity index (χ0n) is 13.7. The number of hydrogen-bond donors (Lipinski definition) is 2. The van der Waals surface area contributed by atoms with E-state index in [-0.39, 0.29) is 12.1 Å². The van der Waals surface area contributed by atoms with E-state index >= 15 is 0 Å². The molecule has 2 heterocycles. The van der Waals surface area contributed by atoms with Gasteiger partial charge in [0.2, 0.25) is 0 Å². The van der Waals surface area contributed by atoms with E-state index in [4.69, 9.17) is 5.73 Å². The van der Waals surface area contributed by atoms with Gasteiger partial charge >= 0.3 is 0 Å². The number of β-amino-alcohol motifs (C(OH)–C–C–N with tert-alkyl or cyclic N) is 1. The van der Waals surface area contributed by atoms with Gasteiger partial charge in [0.1, 0.15) is 0 Å². The van der Waals surface area contributed by atoms with Gasteiger partial charge in [-0.25, -0.2) is 0 Å². The molecule has 120 valence electrons. The molecule has 1 fully saturated rings. The predicted octanol–water partition coefficient (Wildman–Crippen LogP) is 0.197. The number of nitrogens with zero attached hydrogens (tertiary/aromatic N) is 4. The average molecular weight is 295 g/mol. The van der Waals surface area contributed by atoms with Crippen molar-refractivity contribution in [1.82, 2.24) is 19.6 Å². The monoisotopic (exact) mass is 295 g/mol. The molecule has 1 aromatic rings. The zero-order chi connectivity index (χ0) is 15.6. The van der Waals surface area contributed by atoms with Crippen LogP contribution in [0.4, 0.5) is 0 Å². The van der Waals surface area contributed by atoms with Gasteiger partial charge in [0.05, 0.1) is 17.8 Å². The second-order valence-corrected chi connectivity index (χ2v) is 6.88. The third-order valence-corrected chi connectivity index (χ3v) is 3.98. The molecule has 21 heavy (non-hydrogen) atoms. The zero-order valence-corrected chi connectivity index (χ0v) is 13.7. The lowest BCUT2D eigenvalue weighted by Gasteiger charge is -2.41. The van der Waals surface area contributed by atoms with Crippen molar-refractivity contribution in [1.29, 1.82) is 0 Å². The summed E-state index contributed by atoms with van der Waals surface area (Å²) in [6.07, 6.45) is 3.97. The van der Waals surface area contributed by atoms with Gasteiger partial charge in [-0.1, -0.05) is 0 Å². The smallest absolute Gasteiger partial charge is 0.0718 e. The standard InChI is InChI=1S/C15H29N5O/c1-12(16)14(13-9-17-18(4)10-13)20-7-5-19(6-8-20)11-15(2,3)21/h9-10,12,14,21H,5-8,11,16H2,1-4H3. The van der Waals surface area contributed by atoms with E-state index in [1.165, 1.54) is 5.56 Å². The van der Waals surface area contributed by atoms with Crippen LogP contribution >= 0.6 is 0 Å². The molecule has 2 unspecified atom stereocenters. The lowest BCUT2D eigenvalue weighted by atomic mass is 10.0. The quantitative estimate of drug-likeness (QED) is 0.812. The average Bonchev–Trinajstić information content (AvgIpc) is 2.76. The van der Waals surface area contributed by atoms with Crippen molar-refractivity contribution in [2.75, 3.05) is 32.7 Å². The Morgan fingerprint density at radius 3 is 2.38 bits per heavy atom. The van der Waals surface area contributed by atoms with Crippen molar-refractivity contribution in [3.8, 4) is 0 Å². The van der Waals surface area contributed by atoms with Crippen LogP contribution in [0.2, 0.25) is 0 Å². The summed E-state index contributed by atoms with van der Waals surface area (Å²) in [6, 6.07) is 0.276. The summed E-state index contributed by atoms with van der Waals surface area (Å²) in [6.45, 7) is 10.4. The molecule has 0 aromatic carbocycles. The van der Waals surface area contributed by atoms with Gasteiger partial charge in [0, 0.05) is 57.6 Å². The van der Waals surface area contributed by atoms with Crippen LogP contribution in [0.1, 0.15) is 32.4 Å². The molecule has 1 aliphatic heterocycles. The summed E-state index contributed by atoms with van der Waals surface area (Å²) in [4.78, 5) is 4.75. The first-order valence-electron chi connectivity index (χ1n) is 7.69. The van der Waals surface area contributed by atoms with Gasteiger partial charge in [0.25, 0.3) is 0 Å². The number of aliphatic hydroxyl groups is 1. The van der Waals surface area contributed by atoms with Crippen LogP contribution in [-0.4, -0.2) is 69.1 Å². The molecule has 3 N–H and O–H groups in total. The van der Waals surface area contributed by atoms with E-state index in [9.17, 15) is 5.11 Å². The SMILES string of the molecule is CC(N)C(c1cnn(C)c1)N1CCN(CC(C)(C)O)CC1. The van der Waals surface area contributed by atoms with Crippen molar-refractivity contribution in [2.45, 2.75) is 38.5 Å². The van der Waals surface area contributed by atoms with Crippen LogP contribution in [0, 0.1) is 0 Å². The lowest BCUT2D eigenvalue weighted by molar-refractivity contribution is 0.00881. The van der Waals surface area contributed by atoms with Gasteiger partial charge in [0.15, 0.2) is 0 Å². The summed E-state index contributed by atoms with van der Waals surface area (Å²) in [5.41, 5.74) is 6.76. The van der Waals surface area contributed by atoms with Crippen LogP contribution in [0.25, 0.3) is 0 Å². The molecular formula is C15H29N5O. The lowest BCUT2D eigenvalue weighted by Crippen LogP contribution is -2.53. The van der Waals surface area contributed by atoms with Gasteiger partial charge in [-0.15, -0.1) is 0 Å². The summed E-state index contributed by atoms with van der Waals surface area (Å²) < 4.78 is 1.83. The Hall–Kier alpha value is -0.950. The molecule has 0 radical (unpaired) electrons. The van der Waals surface area contributed by atoms with E-state index in [0.29, 0.717) is 0 Å². The third kappa shape index (κ3) is 4.51. The number of nitrogens with two attached hydrogens (primary N) is 1. The molecular weight excluding hydrogens is 266 g/mol.